The quantitative estimate of drug-likeness (QED) is 0.190. The Bertz CT molecular complexity index is 2060. The summed E-state index contributed by atoms with van der Waals surface area (Å²) in [6.45, 7) is 0.409. The molecule has 0 spiro atoms. The first-order valence-corrected chi connectivity index (χ1v) is 14.5. The smallest absolute Gasteiger partial charge is 0.271 e. The number of nitro groups is 1. The van der Waals surface area contributed by atoms with Gasteiger partial charge in [0.05, 0.1) is 21.2 Å². The van der Waals surface area contributed by atoms with Gasteiger partial charge in [-0.2, -0.15) is 0 Å². The van der Waals surface area contributed by atoms with Crippen LogP contribution in [0.4, 0.5) is 5.69 Å². The van der Waals surface area contributed by atoms with E-state index in [9.17, 15) is 14.9 Å². The number of aromatic nitrogens is 1. The van der Waals surface area contributed by atoms with Gasteiger partial charge in [0.25, 0.3) is 11.2 Å². The summed E-state index contributed by atoms with van der Waals surface area (Å²) in [6.07, 6.45) is 3.38. The largest absolute Gasteiger partial charge is 0.488 e. The number of nitro benzene ring substituents is 1. The van der Waals surface area contributed by atoms with E-state index in [1.807, 2.05) is 78.9 Å². The minimum Gasteiger partial charge on any atom is -0.488 e. The van der Waals surface area contributed by atoms with Gasteiger partial charge in [-0.15, -0.1) is 0 Å². The second-order valence-corrected chi connectivity index (χ2v) is 11.3. The van der Waals surface area contributed by atoms with E-state index in [0.29, 0.717) is 33.7 Å². The summed E-state index contributed by atoms with van der Waals surface area (Å²) in [5.41, 5.74) is 6.47. The average Bonchev–Trinajstić information content (AvgIpc) is 3.34. The number of thiazole rings is 1. The molecule has 0 bridgehead atoms. The SMILES string of the molecule is O=c1c(=Cc2ccccc2OCc2ccccc2)sc2n1C(c1cccc([N+](=O)[O-])c1)C1=C(N=2)c2ccccc2CC1. The fourth-order valence-electron chi connectivity index (χ4n) is 5.74. The Kier molecular flexibility index (Phi) is 6.60. The van der Waals surface area contributed by atoms with Crippen molar-refractivity contribution in [2.45, 2.75) is 25.5 Å². The first kappa shape index (κ1) is 25.9. The monoisotopic (exact) mass is 571 g/mol. The van der Waals surface area contributed by atoms with Crippen molar-refractivity contribution in [3.63, 3.8) is 0 Å². The number of hydrogen-bond donors (Lipinski definition) is 0. The lowest BCUT2D eigenvalue weighted by Crippen LogP contribution is -2.38. The van der Waals surface area contributed by atoms with E-state index in [0.717, 1.165) is 34.4 Å². The molecule has 7 rings (SSSR count). The second kappa shape index (κ2) is 10.7. The molecule has 1 aromatic heterocycles. The maximum Gasteiger partial charge on any atom is 0.271 e. The van der Waals surface area contributed by atoms with Gasteiger partial charge >= 0.3 is 0 Å². The second-order valence-electron chi connectivity index (χ2n) is 10.3. The van der Waals surface area contributed by atoms with Gasteiger partial charge in [-0.25, -0.2) is 4.99 Å². The average molecular weight is 572 g/mol. The van der Waals surface area contributed by atoms with Crippen LogP contribution in [-0.2, 0) is 13.0 Å². The summed E-state index contributed by atoms with van der Waals surface area (Å²) in [5.74, 6) is 0.677. The number of hydrogen-bond acceptors (Lipinski definition) is 6. The number of ether oxygens (including phenoxy) is 1. The molecule has 0 fully saturated rings. The lowest BCUT2D eigenvalue weighted by Gasteiger charge is -2.30. The van der Waals surface area contributed by atoms with Crippen LogP contribution in [0, 0.1) is 10.1 Å². The highest BCUT2D eigenvalue weighted by Crippen LogP contribution is 2.41. The Hall–Kier alpha value is -5.08. The van der Waals surface area contributed by atoms with Gasteiger partial charge in [-0.05, 0) is 47.2 Å². The topological polar surface area (TPSA) is 86.7 Å². The van der Waals surface area contributed by atoms with Gasteiger partial charge in [0.1, 0.15) is 12.4 Å². The van der Waals surface area contributed by atoms with Crippen LogP contribution in [0.1, 0.15) is 40.3 Å². The first-order chi connectivity index (χ1) is 20.6. The Balaban J connectivity index is 1.38. The van der Waals surface area contributed by atoms with Crippen LogP contribution in [0.3, 0.4) is 0 Å². The van der Waals surface area contributed by atoms with Crippen LogP contribution in [-0.4, -0.2) is 9.49 Å². The molecule has 206 valence electrons. The van der Waals surface area contributed by atoms with Crippen molar-refractivity contribution in [2.75, 3.05) is 0 Å². The maximum absolute atomic E-state index is 14.1. The summed E-state index contributed by atoms with van der Waals surface area (Å²) in [6, 6.07) is 31.9. The standard InChI is InChI=1S/C34H25N3O4S/c38-33-30(20-24-12-5-7-16-29(24)41-21-22-9-2-1-3-10-22)42-34-35-31-27-15-6-4-11-23(27)17-18-28(31)32(36(33)34)25-13-8-14-26(19-25)37(39)40/h1-16,19-20,32H,17-18,21H2. The first-order valence-electron chi connectivity index (χ1n) is 13.7. The highest BCUT2D eigenvalue weighted by atomic mass is 32.1. The molecule has 0 saturated heterocycles. The van der Waals surface area contributed by atoms with Gasteiger partial charge in [0, 0.05) is 23.3 Å². The van der Waals surface area contributed by atoms with Crippen LogP contribution in [0.25, 0.3) is 11.8 Å². The molecule has 1 aliphatic carbocycles. The van der Waals surface area contributed by atoms with E-state index in [-0.39, 0.29) is 11.2 Å². The predicted octanol–water partition coefficient (Wildman–Crippen LogP) is 5.81. The molecule has 8 heteroatoms. The zero-order chi connectivity index (χ0) is 28.6. The van der Waals surface area contributed by atoms with Crippen molar-refractivity contribution >= 4 is 28.8 Å². The number of rotatable bonds is 6. The van der Waals surface area contributed by atoms with Crippen LogP contribution >= 0.6 is 11.3 Å². The molecule has 7 nitrogen and oxygen atoms in total. The normalized spacial score (nSPS) is 15.8. The minimum absolute atomic E-state index is 0.00511. The van der Waals surface area contributed by atoms with E-state index >= 15 is 0 Å². The maximum atomic E-state index is 14.1. The molecule has 2 heterocycles. The number of non-ortho nitro benzene ring substituents is 1. The number of nitrogens with zero attached hydrogens (tertiary/aromatic N) is 3. The van der Waals surface area contributed by atoms with Gasteiger partial charge in [-0.1, -0.05) is 96.3 Å². The van der Waals surface area contributed by atoms with Crippen molar-refractivity contribution in [3.05, 3.63) is 166 Å². The summed E-state index contributed by atoms with van der Waals surface area (Å²) in [7, 11) is 0. The molecule has 1 atom stereocenters. The number of allylic oxidation sites excluding steroid dienone is 1. The van der Waals surface area contributed by atoms with Crippen molar-refractivity contribution in [1.29, 1.82) is 0 Å². The predicted molar refractivity (Wildman–Crippen MR) is 163 cm³/mol. The molecule has 1 unspecified atom stereocenters. The van der Waals surface area contributed by atoms with E-state index in [2.05, 4.69) is 12.1 Å². The summed E-state index contributed by atoms with van der Waals surface area (Å²) >= 11 is 1.32. The number of benzene rings is 4. The van der Waals surface area contributed by atoms with E-state index in [1.165, 1.54) is 23.0 Å². The lowest BCUT2D eigenvalue weighted by molar-refractivity contribution is -0.384. The summed E-state index contributed by atoms with van der Waals surface area (Å²) in [5, 5.41) is 11.7. The Morgan fingerprint density at radius 1 is 0.952 bits per heavy atom. The van der Waals surface area contributed by atoms with Gasteiger partial charge in [-0.3, -0.25) is 19.5 Å². The zero-order valence-electron chi connectivity index (χ0n) is 22.5. The highest BCUT2D eigenvalue weighted by Gasteiger charge is 2.33. The third-order valence-corrected chi connectivity index (χ3v) is 8.70. The molecular formula is C34H25N3O4S. The minimum atomic E-state index is -0.490. The Morgan fingerprint density at radius 2 is 1.74 bits per heavy atom. The van der Waals surface area contributed by atoms with Crippen molar-refractivity contribution in [3.8, 4) is 5.75 Å². The highest BCUT2D eigenvalue weighted by molar-refractivity contribution is 7.07. The molecule has 1 aliphatic heterocycles. The summed E-state index contributed by atoms with van der Waals surface area (Å²) < 4.78 is 8.37. The van der Waals surface area contributed by atoms with Crippen LogP contribution in [0.2, 0.25) is 0 Å². The molecular weight excluding hydrogens is 546 g/mol. The number of para-hydroxylation sites is 1. The van der Waals surface area contributed by atoms with Crippen molar-refractivity contribution < 1.29 is 9.66 Å². The number of fused-ring (bicyclic) bond motifs is 3. The molecule has 0 N–H and O–H groups in total. The van der Waals surface area contributed by atoms with E-state index in [1.54, 1.807) is 16.7 Å². The van der Waals surface area contributed by atoms with Crippen LogP contribution in [0.15, 0.2) is 118 Å². The molecule has 0 radical (unpaired) electrons. The van der Waals surface area contributed by atoms with E-state index in [4.69, 9.17) is 9.73 Å². The third kappa shape index (κ3) is 4.65. The summed E-state index contributed by atoms with van der Waals surface area (Å²) in [4.78, 5) is 31.0. The van der Waals surface area contributed by atoms with Gasteiger partial charge in [0.15, 0.2) is 4.80 Å². The van der Waals surface area contributed by atoms with Gasteiger partial charge < -0.3 is 4.74 Å². The lowest BCUT2D eigenvalue weighted by atomic mass is 9.83. The molecule has 5 aromatic rings. The fourth-order valence-corrected chi connectivity index (χ4v) is 6.73. The number of aryl methyl sites for hydroxylation is 1. The molecule has 4 aromatic carbocycles. The van der Waals surface area contributed by atoms with Crippen LogP contribution < -0.4 is 19.6 Å². The molecule has 2 aliphatic rings. The third-order valence-electron chi connectivity index (χ3n) is 7.71. The Morgan fingerprint density at radius 3 is 2.60 bits per heavy atom. The molecule has 0 saturated carbocycles. The van der Waals surface area contributed by atoms with Crippen LogP contribution in [0.5, 0.6) is 5.75 Å². The fraction of sp³-hybridized carbons (Fsp3) is 0.118. The zero-order valence-corrected chi connectivity index (χ0v) is 23.3. The molecule has 42 heavy (non-hydrogen) atoms. The molecule has 0 amide bonds. The van der Waals surface area contributed by atoms with E-state index < -0.39 is 11.0 Å². The Labute approximate surface area is 245 Å². The van der Waals surface area contributed by atoms with Crippen molar-refractivity contribution in [1.82, 2.24) is 4.57 Å². The van der Waals surface area contributed by atoms with Gasteiger partial charge in [0.2, 0.25) is 0 Å². The van der Waals surface area contributed by atoms with Crippen molar-refractivity contribution in [2.24, 2.45) is 4.99 Å².